The Morgan fingerprint density at radius 1 is 0.387 bits per heavy atom. The van der Waals surface area contributed by atoms with Gasteiger partial charge in [-0.3, -0.25) is 9.59 Å². The van der Waals surface area contributed by atoms with Crippen LogP contribution in [-0.4, -0.2) is 340 Å². The van der Waals surface area contributed by atoms with E-state index in [1.54, 1.807) is 6.08 Å². The summed E-state index contributed by atoms with van der Waals surface area (Å²) >= 11 is 0. The van der Waals surface area contributed by atoms with Crippen LogP contribution in [-0.2, 0) is 66.4 Å². The minimum absolute atomic E-state index is 0.185. The van der Waals surface area contributed by atoms with E-state index in [4.69, 9.17) is 56.8 Å². The fourth-order valence-electron chi connectivity index (χ4n) is 14.3. The molecule has 12 unspecified atom stereocenters. The molecule has 0 saturated carbocycles. The van der Waals surface area contributed by atoms with Crippen LogP contribution in [0.2, 0.25) is 0 Å². The first-order chi connectivity index (χ1) is 50.9. The molecule has 6 aliphatic rings. The van der Waals surface area contributed by atoms with E-state index in [1.165, 1.54) is 103 Å². The molecule has 0 aliphatic carbocycles. The van der Waals surface area contributed by atoms with Crippen molar-refractivity contribution in [3.63, 3.8) is 0 Å². The van der Waals surface area contributed by atoms with Gasteiger partial charge < -0.3 is 159 Å². The summed E-state index contributed by atoms with van der Waals surface area (Å²) in [6.45, 7) is 1.33. The Bertz CT molecular complexity index is 2420. The van der Waals surface area contributed by atoms with Crippen LogP contribution in [0.4, 0.5) is 0 Å². The van der Waals surface area contributed by atoms with Gasteiger partial charge in [0.15, 0.2) is 37.7 Å². The average Bonchev–Trinajstić information content (AvgIpc) is 0.770. The van der Waals surface area contributed by atoms with Gasteiger partial charge in [0.1, 0.15) is 140 Å². The zero-order valence-corrected chi connectivity index (χ0v) is 62.0. The van der Waals surface area contributed by atoms with Gasteiger partial charge in [-0.1, -0.05) is 167 Å². The van der Waals surface area contributed by atoms with Crippen LogP contribution in [0.1, 0.15) is 195 Å². The third-order valence-corrected chi connectivity index (χ3v) is 20.8. The smallest absolute Gasteiger partial charge is 0.220 e. The predicted octanol–water partition coefficient (Wildman–Crippen LogP) is -2.32. The van der Waals surface area contributed by atoms with Crippen molar-refractivity contribution in [3.05, 3.63) is 12.2 Å². The molecule has 0 radical (unpaired) electrons. The van der Waals surface area contributed by atoms with Gasteiger partial charge in [-0.15, -0.1) is 0 Å². The standard InChI is InChI=1S/C72H130N2O32/c1-5-7-9-11-13-15-17-19-21-23-25-27-29-31-42(81)41(74-48(82)32-30-28-26-24-22-20-18-16-14-12-10-8-6-2)38-95-68-59(92)56(89)62(46(36-78)100-68)102-70-60(93)57(90)63(47(37-79)101-70)103-71-61(94)65(53(86)45(35-77)98-71)105-67-49(73-40(4)80)64(52(85)44(34-76)97-67)104-72-66(55(88)51(84)43(33-75)99-72)106-69-58(91)54(87)50(83)39(3)96-69/h29,31,39,41-47,49-72,75-79,81,83-94H,5-28,30,32-38H2,1-4H3,(H,73,80)(H,74,82)/b31-29+/t39?,41-,42+,43?,44?,45?,46?,47?,49?,50+,51-,52-,53-,54?,55-,56+,57+,58-,59?,60?,61?,62+,63-,64+,65-,66?,67-,68+,69+,70-,71-,72-/m0/s1. The van der Waals surface area contributed by atoms with Gasteiger partial charge >= 0.3 is 0 Å². The predicted molar refractivity (Wildman–Crippen MR) is 372 cm³/mol. The Morgan fingerprint density at radius 2 is 0.764 bits per heavy atom. The molecule has 6 saturated heterocycles. The molecular formula is C72H130N2O32. The highest BCUT2D eigenvalue weighted by Crippen LogP contribution is 2.38. The molecule has 34 nitrogen and oxygen atoms in total. The number of unbranched alkanes of at least 4 members (excludes halogenated alkanes) is 23. The number of hydrogen-bond donors (Lipinski definition) is 20. The van der Waals surface area contributed by atoms with Gasteiger partial charge in [-0.25, -0.2) is 0 Å². The highest BCUT2D eigenvalue weighted by Gasteiger charge is 2.58. The zero-order valence-electron chi connectivity index (χ0n) is 62.0. The first-order valence-electron chi connectivity index (χ1n) is 38.8. The highest BCUT2D eigenvalue weighted by molar-refractivity contribution is 5.76. The summed E-state index contributed by atoms with van der Waals surface area (Å²) in [5.74, 6) is -1.21. The molecule has 6 fully saturated rings. The minimum Gasteiger partial charge on any atom is -0.394 e. The Balaban J connectivity index is 1.09. The van der Waals surface area contributed by atoms with Crippen molar-refractivity contribution < 1.29 is 158 Å². The molecule has 0 aromatic carbocycles. The molecule has 0 bridgehead atoms. The lowest BCUT2D eigenvalue weighted by atomic mass is 9.94. The molecule has 0 aromatic rings. The van der Waals surface area contributed by atoms with Crippen LogP contribution < -0.4 is 10.6 Å². The van der Waals surface area contributed by atoms with Crippen molar-refractivity contribution in [2.24, 2.45) is 0 Å². The summed E-state index contributed by atoms with van der Waals surface area (Å²) in [5.41, 5.74) is 0. The molecule has 0 aromatic heterocycles. The normalized spacial score (nSPS) is 38.7. The molecule has 34 heteroatoms. The summed E-state index contributed by atoms with van der Waals surface area (Å²) in [7, 11) is 0. The third-order valence-electron chi connectivity index (χ3n) is 20.8. The third kappa shape index (κ3) is 27.1. The van der Waals surface area contributed by atoms with Crippen LogP contribution >= 0.6 is 0 Å². The first kappa shape index (κ1) is 92.3. The number of carbonyl (C=O) groups excluding carboxylic acids is 2. The number of rotatable bonds is 48. The molecular weight excluding hydrogens is 1400 g/mol. The second-order valence-corrected chi connectivity index (χ2v) is 29.2. The van der Waals surface area contributed by atoms with Gasteiger partial charge in [0, 0.05) is 13.3 Å². The summed E-state index contributed by atoms with van der Waals surface area (Å²) in [5, 5.41) is 205. The van der Waals surface area contributed by atoms with Gasteiger partial charge in [-0.2, -0.15) is 0 Å². The van der Waals surface area contributed by atoms with E-state index >= 15 is 0 Å². The van der Waals surface area contributed by atoms with Crippen molar-refractivity contribution in [1.82, 2.24) is 10.6 Å². The summed E-state index contributed by atoms with van der Waals surface area (Å²) in [6.07, 6.45) is -24.4. The number of allylic oxidation sites excluding steroid dienone is 1. The minimum atomic E-state index is -2.25. The molecule has 2 amide bonds. The lowest BCUT2D eigenvalue weighted by molar-refractivity contribution is -0.393. The number of ether oxygens (including phenoxy) is 12. The Morgan fingerprint density at radius 3 is 1.27 bits per heavy atom. The molecule has 32 atom stereocenters. The molecule has 6 rings (SSSR count). The number of hydrogen-bond acceptors (Lipinski definition) is 32. The van der Waals surface area contributed by atoms with Crippen molar-refractivity contribution >= 4 is 11.8 Å². The van der Waals surface area contributed by atoms with Crippen LogP contribution in [0, 0.1) is 0 Å². The summed E-state index contributed by atoms with van der Waals surface area (Å²) in [4.78, 5) is 26.4. The summed E-state index contributed by atoms with van der Waals surface area (Å²) in [6, 6.07) is -2.87. The molecule has 20 N–H and O–H groups in total. The van der Waals surface area contributed by atoms with Crippen LogP contribution in [0.25, 0.3) is 0 Å². The SMILES string of the molecule is CCCCCCCCCCCCC/C=C/[C@@H](O)[C@H](CO[C@@H]1OC(CO)[C@@H](O[C@@H]2OC(CO)[C@H](O[C@@H]3OC(CO)[C@H](O)[C@H](O[C@@H]4OC(CO)[C@H](O)[C@H](O[C@@H]5OC(CO)[C@H](O)[C@H](O)C5O[C@H]5OC(C)[C@@H](O)C(O)[C@@H]5O)C4NC(C)=O)C3O)[C@H](O)C2O)[C@H](O)C1O)NC(=O)CCCCCCCCCCCCCCC. The van der Waals surface area contributed by atoms with E-state index in [0.29, 0.717) is 12.8 Å². The van der Waals surface area contributed by atoms with Gasteiger partial charge in [0.05, 0.1) is 57.9 Å². The molecule has 6 heterocycles. The Hall–Kier alpha value is -2.52. The second-order valence-electron chi connectivity index (χ2n) is 29.2. The maximum absolute atomic E-state index is 13.5. The maximum Gasteiger partial charge on any atom is 0.220 e. The monoisotopic (exact) mass is 1530 g/mol. The van der Waals surface area contributed by atoms with Crippen LogP contribution in [0.15, 0.2) is 12.2 Å². The van der Waals surface area contributed by atoms with Gasteiger partial charge in [0.25, 0.3) is 0 Å². The average molecular weight is 1540 g/mol. The Labute approximate surface area is 621 Å². The van der Waals surface area contributed by atoms with Crippen molar-refractivity contribution in [2.75, 3.05) is 39.6 Å². The van der Waals surface area contributed by atoms with E-state index in [2.05, 4.69) is 24.5 Å². The largest absolute Gasteiger partial charge is 0.394 e. The lowest BCUT2D eigenvalue weighted by Gasteiger charge is -2.51. The van der Waals surface area contributed by atoms with E-state index in [9.17, 15) is 102 Å². The number of amides is 2. The summed E-state index contributed by atoms with van der Waals surface area (Å²) < 4.78 is 70.7. The van der Waals surface area contributed by atoms with Gasteiger partial charge in [-0.05, 0) is 26.2 Å². The van der Waals surface area contributed by atoms with E-state index < -0.39 is 242 Å². The highest BCUT2D eigenvalue weighted by atomic mass is 16.8. The molecule has 106 heavy (non-hydrogen) atoms. The topological polar surface area (TPSA) is 533 Å². The molecule has 620 valence electrons. The lowest BCUT2D eigenvalue weighted by Crippen LogP contribution is -2.70. The first-order valence-corrected chi connectivity index (χ1v) is 38.8. The number of aliphatic hydroxyl groups is 18. The number of carbonyl (C=O) groups is 2. The maximum atomic E-state index is 13.5. The number of aliphatic hydroxyl groups excluding tert-OH is 18. The van der Waals surface area contributed by atoms with Crippen LogP contribution in [0.3, 0.4) is 0 Å². The molecule has 6 aliphatic heterocycles. The molecule has 0 spiro atoms. The van der Waals surface area contributed by atoms with E-state index in [0.717, 1.165) is 58.3 Å². The van der Waals surface area contributed by atoms with Crippen molar-refractivity contribution in [2.45, 2.75) is 391 Å². The fraction of sp³-hybridized carbons (Fsp3) is 0.944. The van der Waals surface area contributed by atoms with E-state index in [1.807, 2.05) is 6.08 Å². The van der Waals surface area contributed by atoms with Crippen molar-refractivity contribution in [1.29, 1.82) is 0 Å². The Kier molecular flexibility index (Phi) is 42.3. The van der Waals surface area contributed by atoms with E-state index in [-0.39, 0.29) is 12.3 Å². The van der Waals surface area contributed by atoms with Crippen molar-refractivity contribution in [3.8, 4) is 0 Å². The van der Waals surface area contributed by atoms with Crippen LogP contribution in [0.5, 0.6) is 0 Å². The zero-order chi connectivity index (χ0) is 77.6. The second kappa shape index (κ2) is 48.5. The van der Waals surface area contributed by atoms with Gasteiger partial charge in [0.2, 0.25) is 11.8 Å². The number of nitrogens with one attached hydrogen (secondary N) is 2. The quantitative estimate of drug-likeness (QED) is 0.0225. The fourth-order valence-corrected chi connectivity index (χ4v) is 14.3.